The summed E-state index contributed by atoms with van der Waals surface area (Å²) in [7, 11) is 1.51. The number of ether oxygens (including phenoxy) is 1. The largest absolute Gasteiger partial charge is 0.481 e. The van der Waals surface area contributed by atoms with Crippen molar-refractivity contribution in [3.05, 3.63) is 53.4 Å². The number of benzene rings is 1. The van der Waals surface area contributed by atoms with Crippen LogP contribution >= 0.6 is 0 Å². The Morgan fingerprint density at radius 3 is 2.74 bits per heavy atom. The van der Waals surface area contributed by atoms with Gasteiger partial charge in [0, 0.05) is 19.6 Å². The summed E-state index contributed by atoms with van der Waals surface area (Å²) in [5.41, 5.74) is 0.969. The fourth-order valence-electron chi connectivity index (χ4n) is 2.14. The van der Waals surface area contributed by atoms with Gasteiger partial charge in [0.25, 0.3) is 5.91 Å². The van der Waals surface area contributed by atoms with E-state index in [0.29, 0.717) is 5.76 Å². The van der Waals surface area contributed by atoms with E-state index in [4.69, 9.17) is 14.4 Å². The summed E-state index contributed by atoms with van der Waals surface area (Å²) >= 11 is 0. The van der Waals surface area contributed by atoms with E-state index < -0.39 is 17.9 Å². The van der Waals surface area contributed by atoms with Crippen molar-refractivity contribution in [1.82, 2.24) is 10.5 Å². The number of nitrogens with one attached hydrogen (secondary N) is 1. The van der Waals surface area contributed by atoms with E-state index >= 15 is 0 Å². The molecule has 1 unspecified atom stereocenters. The number of methoxy groups -OCH3 is 1. The molecule has 0 aliphatic heterocycles. The number of carboxylic acids is 1. The number of rotatable bonds is 8. The Morgan fingerprint density at radius 1 is 1.35 bits per heavy atom. The van der Waals surface area contributed by atoms with Crippen LogP contribution in [0.5, 0.6) is 0 Å². The number of hydrogen-bond acceptors (Lipinski definition) is 5. The minimum Gasteiger partial charge on any atom is -0.481 e. The summed E-state index contributed by atoms with van der Waals surface area (Å²) in [5, 5.41) is 15.4. The number of carbonyl (C=O) groups is 2. The number of aliphatic carboxylic acids is 1. The zero-order valence-corrected chi connectivity index (χ0v) is 12.7. The van der Waals surface area contributed by atoms with Crippen molar-refractivity contribution in [3.8, 4) is 0 Å². The van der Waals surface area contributed by atoms with Crippen LogP contribution < -0.4 is 5.32 Å². The maximum atomic E-state index is 12.3. The number of aromatic nitrogens is 1. The van der Waals surface area contributed by atoms with Crippen LogP contribution in [0.4, 0.5) is 0 Å². The molecule has 122 valence electrons. The molecule has 0 saturated heterocycles. The number of carbonyl (C=O) groups excluding carboxylic acids is 1. The van der Waals surface area contributed by atoms with Gasteiger partial charge in [-0.25, -0.2) is 0 Å². The third kappa shape index (κ3) is 4.93. The van der Waals surface area contributed by atoms with Gasteiger partial charge in [-0.3, -0.25) is 9.59 Å². The molecule has 1 atom stereocenters. The maximum Gasteiger partial charge on any atom is 0.303 e. The average Bonchev–Trinajstić information content (AvgIpc) is 3.01. The number of hydrogen-bond donors (Lipinski definition) is 2. The molecule has 2 rings (SSSR count). The van der Waals surface area contributed by atoms with Gasteiger partial charge in [0.2, 0.25) is 0 Å². The van der Waals surface area contributed by atoms with Gasteiger partial charge in [-0.2, -0.15) is 0 Å². The van der Waals surface area contributed by atoms with Crippen molar-refractivity contribution in [2.45, 2.75) is 25.5 Å². The second-order valence-electron chi connectivity index (χ2n) is 4.98. The van der Waals surface area contributed by atoms with E-state index in [-0.39, 0.29) is 25.1 Å². The summed E-state index contributed by atoms with van der Waals surface area (Å²) in [6.07, 6.45) is 0.238. The second-order valence-corrected chi connectivity index (χ2v) is 4.98. The topological polar surface area (TPSA) is 102 Å². The Bertz CT molecular complexity index is 654. The Hall–Kier alpha value is -2.67. The lowest BCUT2D eigenvalue weighted by atomic mass is 10.0. The zero-order valence-electron chi connectivity index (χ0n) is 12.7. The van der Waals surface area contributed by atoms with Crippen LogP contribution in [0.1, 0.15) is 40.7 Å². The minimum absolute atomic E-state index is 0.0480. The van der Waals surface area contributed by atoms with Gasteiger partial charge in [-0.1, -0.05) is 35.5 Å². The van der Waals surface area contributed by atoms with E-state index in [0.717, 1.165) is 5.56 Å². The molecule has 23 heavy (non-hydrogen) atoms. The molecule has 7 heteroatoms. The highest BCUT2D eigenvalue weighted by molar-refractivity contribution is 5.92. The molecular formula is C16H18N2O5. The van der Waals surface area contributed by atoms with E-state index in [9.17, 15) is 9.59 Å². The highest BCUT2D eigenvalue weighted by Crippen LogP contribution is 2.19. The monoisotopic (exact) mass is 318 g/mol. The molecule has 0 radical (unpaired) electrons. The fraction of sp³-hybridized carbons (Fsp3) is 0.312. The fourth-order valence-corrected chi connectivity index (χ4v) is 2.14. The van der Waals surface area contributed by atoms with Gasteiger partial charge in [-0.05, 0) is 12.0 Å². The Labute approximate surface area is 133 Å². The quantitative estimate of drug-likeness (QED) is 0.773. The first-order chi connectivity index (χ1) is 11.1. The van der Waals surface area contributed by atoms with E-state index in [1.807, 2.05) is 30.3 Å². The van der Waals surface area contributed by atoms with Crippen LogP contribution in [0.2, 0.25) is 0 Å². The molecule has 1 heterocycles. The highest BCUT2D eigenvalue weighted by atomic mass is 16.5. The van der Waals surface area contributed by atoms with Crippen molar-refractivity contribution in [2.24, 2.45) is 0 Å². The predicted molar refractivity (Wildman–Crippen MR) is 80.7 cm³/mol. The molecular weight excluding hydrogens is 300 g/mol. The van der Waals surface area contributed by atoms with Crippen LogP contribution in [0, 0.1) is 0 Å². The molecule has 1 aromatic carbocycles. The molecule has 1 amide bonds. The van der Waals surface area contributed by atoms with Crippen LogP contribution in [0.25, 0.3) is 0 Å². The molecule has 0 fully saturated rings. The number of nitrogens with zero attached hydrogens (tertiary/aromatic N) is 1. The molecule has 0 saturated carbocycles. The maximum absolute atomic E-state index is 12.3. The summed E-state index contributed by atoms with van der Waals surface area (Å²) in [6, 6.07) is 10.3. The number of amides is 1. The van der Waals surface area contributed by atoms with Crippen LogP contribution in [0.3, 0.4) is 0 Å². The lowest BCUT2D eigenvalue weighted by molar-refractivity contribution is -0.137. The minimum atomic E-state index is -0.913. The molecule has 0 aliphatic rings. The van der Waals surface area contributed by atoms with Crippen molar-refractivity contribution >= 4 is 11.9 Å². The highest BCUT2D eigenvalue weighted by Gasteiger charge is 2.19. The van der Waals surface area contributed by atoms with Crippen molar-refractivity contribution in [2.75, 3.05) is 7.11 Å². The van der Waals surface area contributed by atoms with E-state index in [1.54, 1.807) is 0 Å². The Balaban J connectivity index is 2.09. The second kappa shape index (κ2) is 8.09. The summed E-state index contributed by atoms with van der Waals surface area (Å²) < 4.78 is 9.89. The summed E-state index contributed by atoms with van der Waals surface area (Å²) in [4.78, 5) is 23.1. The van der Waals surface area contributed by atoms with Crippen molar-refractivity contribution in [1.29, 1.82) is 0 Å². The molecule has 7 nitrogen and oxygen atoms in total. The zero-order chi connectivity index (χ0) is 16.7. The third-order valence-electron chi connectivity index (χ3n) is 3.23. The lowest BCUT2D eigenvalue weighted by Crippen LogP contribution is -2.29. The summed E-state index contributed by atoms with van der Waals surface area (Å²) in [5.74, 6) is -0.890. The van der Waals surface area contributed by atoms with E-state index in [1.165, 1.54) is 13.2 Å². The van der Waals surface area contributed by atoms with Gasteiger partial charge in [0.05, 0.1) is 6.04 Å². The first-order valence-corrected chi connectivity index (χ1v) is 7.12. The Morgan fingerprint density at radius 2 is 2.09 bits per heavy atom. The van der Waals surface area contributed by atoms with E-state index in [2.05, 4.69) is 10.5 Å². The molecule has 2 aromatic rings. The Kier molecular flexibility index (Phi) is 5.87. The van der Waals surface area contributed by atoms with Gasteiger partial charge >= 0.3 is 5.97 Å². The SMILES string of the molecule is COCc1cc(C(=O)NC(CCC(=O)O)c2ccccc2)no1. The molecule has 0 aliphatic carbocycles. The summed E-state index contributed by atoms with van der Waals surface area (Å²) in [6.45, 7) is 0.224. The van der Waals surface area contributed by atoms with Crippen molar-refractivity contribution in [3.63, 3.8) is 0 Å². The standard InChI is InChI=1S/C16H18N2O5/c1-22-10-12-9-14(18-23-12)16(21)17-13(7-8-15(19)20)11-5-3-2-4-6-11/h2-6,9,13H,7-8,10H2,1H3,(H,17,21)(H,19,20). The molecule has 0 spiro atoms. The molecule has 0 bridgehead atoms. The van der Waals surface area contributed by atoms with Gasteiger partial charge in [0.15, 0.2) is 11.5 Å². The van der Waals surface area contributed by atoms with Crippen LogP contribution in [-0.2, 0) is 16.1 Å². The number of carboxylic acid groups (broad SMARTS) is 1. The third-order valence-corrected chi connectivity index (χ3v) is 3.23. The van der Waals surface area contributed by atoms with Gasteiger partial charge < -0.3 is 19.7 Å². The van der Waals surface area contributed by atoms with Crippen LogP contribution in [0.15, 0.2) is 40.9 Å². The van der Waals surface area contributed by atoms with Crippen molar-refractivity contribution < 1.29 is 24.0 Å². The predicted octanol–water partition coefficient (Wildman–Crippen LogP) is 2.16. The molecule has 1 aromatic heterocycles. The van der Waals surface area contributed by atoms with Gasteiger partial charge in [-0.15, -0.1) is 0 Å². The normalized spacial score (nSPS) is 11.9. The lowest BCUT2D eigenvalue weighted by Gasteiger charge is -2.17. The molecule has 2 N–H and O–H groups in total. The van der Waals surface area contributed by atoms with Crippen LogP contribution in [-0.4, -0.2) is 29.2 Å². The first kappa shape index (κ1) is 16.7. The van der Waals surface area contributed by atoms with Gasteiger partial charge in [0.1, 0.15) is 6.61 Å². The smallest absolute Gasteiger partial charge is 0.303 e. The first-order valence-electron chi connectivity index (χ1n) is 7.12. The average molecular weight is 318 g/mol.